The molecule has 0 heterocycles. The Kier molecular flexibility index (Phi) is 5.57. The molecule has 0 aliphatic heterocycles. The third-order valence-electron chi connectivity index (χ3n) is 2.82. The average molecular weight is 350 g/mol. The second-order valence-electron chi connectivity index (χ2n) is 4.27. The lowest BCUT2D eigenvalue weighted by Crippen LogP contribution is -2.00. The number of alkyl halides is 1. The number of hydrogen-bond acceptors (Lipinski definition) is 2. The third kappa shape index (κ3) is 3.94. The van der Waals surface area contributed by atoms with Crippen molar-refractivity contribution in [2.24, 2.45) is 0 Å². The van der Waals surface area contributed by atoms with E-state index >= 15 is 0 Å². The number of ether oxygens (including phenoxy) is 2. The van der Waals surface area contributed by atoms with Gasteiger partial charge in [0.05, 0.1) is 12.1 Å². The Morgan fingerprint density at radius 3 is 2.52 bits per heavy atom. The fraction of sp³-hybridized carbons (Fsp3) is 0.200. The van der Waals surface area contributed by atoms with Crippen LogP contribution in [0.2, 0.25) is 10.0 Å². The summed E-state index contributed by atoms with van der Waals surface area (Å²) in [6.45, 7) is 0.0763. The van der Waals surface area contributed by atoms with E-state index in [0.29, 0.717) is 33.0 Å². The van der Waals surface area contributed by atoms with Gasteiger partial charge < -0.3 is 9.47 Å². The zero-order valence-corrected chi connectivity index (χ0v) is 13.4. The van der Waals surface area contributed by atoms with Crippen molar-refractivity contribution >= 4 is 34.8 Å². The molecule has 0 aromatic heterocycles. The van der Waals surface area contributed by atoms with Gasteiger partial charge in [-0.3, -0.25) is 0 Å². The van der Waals surface area contributed by atoms with Crippen LogP contribution in [0.25, 0.3) is 0 Å². The summed E-state index contributed by atoms with van der Waals surface area (Å²) in [5.74, 6) is 0.763. The summed E-state index contributed by atoms with van der Waals surface area (Å²) in [4.78, 5) is 0. The van der Waals surface area contributed by atoms with Crippen molar-refractivity contribution in [3.05, 3.63) is 57.3 Å². The molecule has 0 saturated heterocycles. The second-order valence-corrected chi connectivity index (χ2v) is 5.35. The third-order valence-corrected chi connectivity index (χ3v) is 3.78. The molecule has 2 aromatic carbocycles. The topological polar surface area (TPSA) is 18.5 Å². The lowest BCUT2D eigenvalue weighted by Gasteiger charge is -2.14. The number of halogens is 4. The van der Waals surface area contributed by atoms with Crippen LogP contribution in [-0.2, 0) is 12.5 Å². The molecule has 2 aromatic rings. The Balaban J connectivity index is 2.25. The SMILES string of the molecule is COc1cc(CCl)cc(Cl)c1OCc1cc(F)ccc1Cl. The zero-order chi connectivity index (χ0) is 15.4. The van der Waals surface area contributed by atoms with Gasteiger partial charge in [-0.25, -0.2) is 4.39 Å². The Labute approximate surface area is 137 Å². The van der Waals surface area contributed by atoms with Crippen molar-refractivity contribution in [1.82, 2.24) is 0 Å². The van der Waals surface area contributed by atoms with Gasteiger partial charge in [0.15, 0.2) is 11.5 Å². The first-order valence-electron chi connectivity index (χ1n) is 6.04. The van der Waals surface area contributed by atoms with Crippen LogP contribution in [0, 0.1) is 5.82 Å². The largest absolute Gasteiger partial charge is 0.493 e. The van der Waals surface area contributed by atoms with E-state index in [4.69, 9.17) is 44.3 Å². The monoisotopic (exact) mass is 348 g/mol. The van der Waals surface area contributed by atoms with Gasteiger partial charge in [-0.05, 0) is 35.9 Å². The maximum absolute atomic E-state index is 13.2. The smallest absolute Gasteiger partial charge is 0.180 e. The van der Waals surface area contributed by atoms with E-state index < -0.39 is 0 Å². The molecule has 0 aliphatic carbocycles. The highest BCUT2D eigenvalue weighted by atomic mass is 35.5. The summed E-state index contributed by atoms with van der Waals surface area (Å²) in [5.41, 5.74) is 1.34. The maximum Gasteiger partial charge on any atom is 0.180 e. The van der Waals surface area contributed by atoms with Gasteiger partial charge >= 0.3 is 0 Å². The van der Waals surface area contributed by atoms with Gasteiger partial charge in [-0.1, -0.05) is 23.2 Å². The molecule has 0 radical (unpaired) electrons. The minimum absolute atomic E-state index is 0.0763. The highest BCUT2D eigenvalue weighted by molar-refractivity contribution is 6.32. The predicted octanol–water partition coefficient (Wildman–Crippen LogP) is 5.46. The molecule has 0 atom stereocenters. The number of rotatable bonds is 5. The van der Waals surface area contributed by atoms with Crippen LogP contribution in [0.1, 0.15) is 11.1 Å². The molecule has 0 fully saturated rings. The van der Waals surface area contributed by atoms with Crippen LogP contribution in [0.3, 0.4) is 0 Å². The van der Waals surface area contributed by atoms with Crippen molar-refractivity contribution in [3.8, 4) is 11.5 Å². The molecule has 0 saturated carbocycles. The molecule has 0 amide bonds. The van der Waals surface area contributed by atoms with Gasteiger partial charge in [0.2, 0.25) is 0 Å². The summed E-state index contributed by atoms with van der Waals surface area (Å²) in [5, 5.41) is 0.793. The van der Waals surface area contributed by atoms with Crippen molar-refractivity contribution in [1.29, 1.82) is 0 Å². The zero-order valence-electron chi connectivity index (χ0n) is 11.1. The summed E-state index contributed by atoms with van der Waals surface area (Å²) in [7, 11) is 1.51. The normalized spacial score (nSPS) is 10.5. The molecular weight excluding hydrogens is 338 g/mol. The molecule has 2 nitrogen and oxygen atoms in total. The first kappa shape index (κ1) is 16.2. The lowest BCUT2D eigenvalue weighted by molar-refractivity contribution is 0.284. The number of hydrogen-bond donors (Lipinski definition) is 0. The van der Waals surface area contributed by atoms with E-state index in [1.807, 2.05) is 0 Å². The maximum atomic E-state index is 13.2. The standard InChI is InChI=1S/C15H12Cl3FO2/c1-20-14-5-9(7-16)4-13(18)15(14)21-8-10-6-11(19)2-3-12(10)17/h2-6H,7-8H2,1H3. The minimum Gasteiger partial charge on any atom is -0.493 e. The summed E-state index contributed by atoms with van der Waals surface area (Å²) in [6.07, 6.45) is 0. The van der Waals surface area contributed by atoms with Gasteiger partial charge in [-0.15, -0.1) is 11.6 Å². The lowest BCUT2D eigenvalue weighted by atomic mass is 10.2. The molecule has 0 bridgehead atoms. The summed E-state index contributed by atoms with van der Waals surface area (Å²) < 4.78 is 24.1. The van der Waals surface area contributed by atoms with E-state index in [0.717, 1.165) is 5.56 Å². The van der Waals surface area contributed by atoms with Gasteiger partial charge in [-0.2, -0.15) is 0 Å². The molecule has 6 heteroatoms. The molecule has 0 N–H and O–H groups in total. The van der Waals surface area contributed by atoms with Gasteiger partial charge in [0.25, 0.3) is 0 Å². The van der Waals surface area contributed by atoms with Crippen molar-refractivity contribution in [2.45, 2.75) is 12.5 Å². The van der Waals surface area contributed by atoms with Crippen molar-refractivity contribution in [2.75, 3.05) is 7.11 Å². The second kappa shape index (κ2) is 7.21. The summed E-state index contributed by atoms with van der Waals surface area (Å²) >= 11 is 17.9. The van der Waals surface area contributed by atoms with Crippen molar-refractivity contribution in [3.63, 3.8) is 0 Å². The first-order chi connectivity index (χ1) is 10.0. The number of benzene rings is 2. The Morgan fingerprint density at radius 1 is 1.10 bits per heavy atom. The molecule has 0 aliphatic rings. The van der Waals surface area contributed by atoms with Crippen LogP contribution in [0.15, 0.2) is 30.3 Å². The molecule has 0 spiro atoms. The highest BCUT2D eigenvalue weighted by Gasteiger charge is 2.13. The Bertz CT molecular complexity index is 647. The molecule has 112 valence electrons. The molecule has 0 unspecified atom stereocenters. The van der Waals surface area contributed by atoms with E-state index in [9.17, 15) is 4.39 Å². The Morgan fingerprint density at radius 2 is 1.86 bits per heavy atom. The molecular formula is C15H12Cl3FO2. The Hall–Kier alpha value is -1.16. The van der Waals surface area contributed by atoms with Crippen LogP contribution in [-0.4, -0.2) is 7.11 Å². The van der Waals surface area contributed by atoms with Crippen LogP contribution in [0.4, 0.5) is 4.39 Å². The number of methoxy groups -OCH3 is 1. The fourth-order valence-corrected chi connectivity index (χ4v) is 2.41. The molecule has 2 rings (SSSR count). The van der Waals surface area contributed by atoms with Crippen LogP contribution < -0.4 is 9.47 Å². The van der Waals surface area contributed by atoms with E-state index in [1.165, 1.54) is 25.3 Å². The fourth-order valence-electron chi connectivity index (χ4n) is 1.79. The van der Waals surface area contributed by atoms with Gasteiger partial charge in [0.1, 0.15) is 12.4 Å². The molecule has 21 heavy (non-hydrogen) atoms. The summed E-state index contributed by atoms with van der Waals surface area (Å²) in [6, 6.07) is 7.51. The van der Waals surface area contributed by atoms with Crippen LogP contribution in [0.5, 0.6) is 11.5 Å². The highest BCUT2D eigenvalue weighted by Crippen LogP contribution is 2.37. The minimum atomic E-state index is -0.381. The van der Waals surface area contributed by atoms with Crippen molar-refractivity contribution < 1.29 is 13.9 Å². The van der Waals surface area contributed by atoms with E-state index in [-0.39, 0.29) is 12.4 Å². The van der Waals surface area contributed by atoms with Crippen LogP contribution >= 0.6 is 34.8 Å². The van der Waals surface area contributed by atoms with E-state index in [1.54, 1.807) is 12.1 Å². The van der Waals surface area contributed by atoms with E-state index in [2.05, 4.69) is 0 Å². The first-order valence-corrected chi connectivity index (χ1v) is 7.33. The predicted molar refractivity (Wildman–Crippen MR) is 83.3 cm³/mol. The average Bonchev–Trinajstić information content (AvgIpc) is 2.48. The van der Waals surface area contributed by atoms with Gasteiger partial charge in [0, 0.05) is 16.5 Å². The quantitative estimate of drug-likeness (QED) is 0.667.